The van der Waals surface area contributed by atoms with E-state index in [0.717, 1.165) is 12.0 Å². The molecule has 0 saturated carbocycles. The number of carboxylic acids is 1. The molecule has 0 radical (unpaired) electrons. The van der Waals surface area contributed by atoms with Gasteiger partial charge in [0.2, 0.25) is 0 Å². The summed E-state index contributed by atoms with van der Waals surface area (Å²) in [5.41, 5.74) is 0.922. The molecule has 116 valence electrons. The third-order valence-corrected chi connectivity index (χ3v) is 2.94. The number of rotatable bonds is 9. The second-order valence-corrected chi connectivity index (χ2v) is 5.75. The van der Waals surface area contributed by atoms with E-state index in [9.17, 15) is 9.59 Å². The van der Waals surface area contributed by atoms with Gasteiger partial charge in [-0.2, -0.15) is 0 Å². The topological polar surface area (TPSA) is 69.6 Å². The fraction of sp³-hybridized carbons (Fsp3) is 0.733. The van der Waals surface area contributed by atoms with Gasteiger partial charge in [-0.25, -0.2) is 4.79 Å². The van der Waals surface area contributed by atoms with Crippen molar-refractivity contribution in [1.82, 2.24) is 10.2 Å². The fourth-order valence-electron chi connectivity index (χ4n) is 2.15. The Morgan fingerprint density at radius 3 is 2.35 bits per heavy atom. The van der Waals surface area contributed by atoms with Crippen LogP contribution in [0.25, 0.3) is 0 Å². The lowest BCUT2D eigenvalue weighted by Crippen LogP contribution is -2.42. The number of hydrogen-bond donors (Lipinski definition) is 2. The van der Waals surface area contributed by atoms with Crippen LogP contribution in [-0.2, 0) is 4.79 Å². The first-order valence-corrected chi connectivity index (χ1v) is 7.15. The van der Waals surface area contributed by atoms with Crippen molar-refractivity contribution in [3.8, 4) is 0 Å². The summed E-state index contributed by atoms with van der Waals surface area (Å²) in [4.78, 5) is 24.5. The number of aliphatic carboxylic acids is 1. The number of nitrogens with one attached hydrogen (secondary N) is 1. The van der Waals surface area contributed by atoms with Gasteiger partial charge in [0, 0.05) is 26.1 Å². The van der Waals surface area contributed by atoms with Crippen molar-refractivity contribution in [2.75, 3.05) is 19.6 Å². The zero-order valence-corrected chi connectivity index (χ0v) is 13.1. The zero-order valence-electron chi connectivity index (χ0n) is 13.1. The van der Waals surface area contributed by atoms with Gasteiger partial charge in [0.05, 0.1) is 0 Å². The van der Waals surface area contributed by atoms with Gasteiger partial charge in [0.1, 0.15) is 0 Å². The lowest BCUT2D eigenvalue weighted by atomic mass is 9.94. The van der Waals surface area contributed by atoms with E-state index in [1.807, 2.05) is 13.8 Å². The third-order valence-electron chi connectivity index (χ3n) is 2.94. The Labute approximate surface area is 122 Å². The van der Waals surface area contributed by atoms with Crippen LogP contribution < -0.4 is 5.32 Å². The molecule has 1 atom stereocenters. The van der Waals surface area contributed by atoms with Crippen LogP contribution >= 0.6 is 0 Å². The normalized spacial score (nSPS) is 12.1. The highest BCUT2D eigenvalue weighted by Gasteiger charge is 2.18. The van der Waals surface area contributed by atoms with Gasteiger partial charge in [-0.15, -0.1) is 0 Å². The quantitative estimate of drug-likeness (QED) is 0.640. The van der Waals surface area contributed by atoms with Crippen LogP contribution in [-0.4, -0.2) is 41.6 Å². The predicted octanol–water partition coefficient (Wildman–Crippen LogP) is 2.73. The van der Waals surface area contributed by atoms with Crippen LogP contribution in [0.15, 0.2) is 12.2 Å². The predicted molar refractivity (Wildman–Crippen MR) is 80.7 cm³/mol. The molecule has 2 N–H and O–H groups in total. The van der Waals surface area contributed by atoms with Crippen LogP contribution in [0.3, 0.4) is 0 Å². The molecule has 0 heterocycles. The van der Waals surface area contributed by atoms with Crippen LogP contribution in [0.5, 0.6) is 0 Å². The minimum atomic E-state index is -0.820. The van der Waals surface area contributed by atoms with Crippen molar-refractivity contribution < 1.29 is 14.7 Å². The maximum Gasteiger partial charge on any atom is 0.317 e. The number of urea groups is 1. The monoisotopic (exact) mass is 284 g/mol. The third kappa shape index (κ3) is 8.56. The molecule has 20 heavy (non-hydrogen) atoms. The number of carbonyl (C=O) groups excluding carboxylic acids is 1. The number of nitrogens with zero attached hydrogens (tertiary/aromatic N) is 1. The summed E-state index contributed by atoms with van der Waals surface area (Å²) >= 11 is 0. The van der Waals surface area contributed by atoms with Gasteiger partial charge >= 0.3 is 12.0 Å². The molecule has 0 saturated heterocycles. The van der Waals surface area contributed by atoms with Crippen molar-refractivity contribution in [3.63, 3.8) is 0 Å². The first kappa shape index (κ1) is 18.5. The van der Waals surface area contributed by atoms with E-state index in [4.69, 9.17) is 5.11 Å². The minimum Gasteiger partial charge on any atom is -0.481 e. The SMILES string of the molecule is C=C(C)CN(CC)C(=O)NCC(CC(=O)O)CC(C)C. The molecule has 0 aromatic carbocycles. The molecule has 0 aromatic heterocycles. The Morgan fingerprint density at radius 2 is 1.95 bits per heavy atom. The van der Waals surface area contributed by atoms with Crippen molar-refractivity contribution in [3.05, 3.63) is 12.2 Å². The van der Waals surface area contributed by atoms with E-state index in [-0.39, 0.29) is 18.4 Å². The highest BCUT2D eigenvalue weighted by atomic mass is 16.4. The van der Waals surface area contributed by atoms with Crippen molar-refractivity contribution >= 4 is 12.0 Å². The van der Waals surface area contributed by atoms with E-state index >= 15 is 0 Å². The largest absolute Gasteiger partial charge is 0.481 e. The van der Waals surface area contributed by atoms with Gasteiger partial charge < -0.3 is 15.3 Å². The number of carbonyl (C=O) groups is 2. The second-order valence-electron chi connectivity index (χ2n) is 5.75. The maximum atomic E-state index is 12.0. The van der Waals surface area contributed by atoms with Gasteiger partial charge in [0.25, 0.3) is 0 Å². The molecule has 2 amide bonds. The Morgan fingerprint density at radius 1 is 1.35 bits per heavy atom. The molecule has 0 aliphatic heterocycles. The van der Waals surface area contributed by atoms with Crippen LogP contribution in [0, 0.1) is 11.8 Å². The molecule has 0 aliphatic carbocycles. The Hall–Kier alpha value is -1.52. The molecule has 0 aliphatic rings. The first-order valence-electron chi connectivity index (χ1n) is 7.15. The maximum absolute atomic E-state index is 12.0. The lowest BCUT2D eigenvalue weighted by Gasteiger charge is -2.24. The summed E-state index contributed by atoms with van der Waals surface area (Å²) in [7, 11) is 0. The molecule has 0 rings (SSSR count). The van der Waals surface area contributed by atoms with Gasteiger partial charge in [0.15, 0.2) is 0 Å². The van der Waals surface area contributed by atoms with Crippen LogP contribution in [0.4, 0.5) is 4.79 Å². The average molecular weight is 284 g/mol. The van der Waals surface area contributed by atoms with Crippen molar-refractivity contribution in [2.24, 2.45) is 11.8 Å². The molecule has 0 fully saturated rings. The second kappa shape index (κ2) is 9.39. The summed E-state index contributed by atoms with van der Waals surface area (Å²) in [6, 6.07) is -0.158. The van der Waals surface area contributed by atoms with E-state index in [2.05, 4.69) is 25.7 Å². The molecular formula is C15H28N2O3. The van der Waals surface area contributed by atoms with E-state index in [1.165, 1.54) is 0 Å². The molecule has 0 bridgehead atoms. The lowest BCUT2D eigenvalue weighted by molar-refractivity contribution is -0.138. The molecule has 1 unspecified atom stereocenters. The van der Waals surface area contributed by atoms with Crippen molar-refractivity contribution in [2.45, 2.75) is 40.5 Å². The van der Waals surface area contributed by atoms with Gasteiger partial charge in [-0.3, -0.25) is 4.79 Å². The van der Waals surface area contributed by atoms with E-state index in [1.54, 1.807) is 4.90 Å². The number of likely N-dealkylation sites (N-methyl/N-ethyl adjacent to an activating group) is 1. The molecule has 5 heteroatoms. The van der Waals surface area contributed by atoms with Crippen LogP contribution in [0.2, 0.25) is 0 Å². The summed E-state index contributed by atoms with van der Waals surface area (Å²) in [6.07, 6.45) is 0.879. The standard InChI is InChI=1S/C15H28N2O3/c1-6-17(10-12(4)5)15(20)16-9-13(7-11(2)3)8-14(18)19/h11,13H,4,6-10H2,1-3,5H3,(H,16,20)(H,18,19). The van der Waals surface area contributed by atoms with Gasteiger partial charge in [-0.1, -0.05) is 26.0 Å². The molecule has 0 spiro atoms. The highest BCUT2D eigenvalue weighted by Crippen LogP contribution is 2.14. The molecule has 5 nitrogen and oxygen atoms in total. The summed E-state index contributed by atoms with van der Waals surface area (Å²) in [5.74, 6) is -0.437. The molecule has 0 aromatic rings. The first-order chi connectivity index (χ1) is 9.26. The van der Waals surface area contributed by atoms with Crippen LogP contribution in [0.1, 0.15) is 40.5 Å². The average Bonchev–Trinajstić information content (AvgIpc) is 2.30. The number of amides is 2. The number of hydrogen-bond acceptors (Lipinski definition) is 2. The van der Waals surface area contributed by atoms with Gasteiger partial charge in [-0.05, 0) is 32.1 Å². The summed E-state index contributed by atoms with van der Waals surface area (Å²) < 4.78 is 0. The highest BCUT2D eigenvalue weighted by molar-refractivity contribution is 5.74. The minimum absolute atomic E-state index is 0.0278. The number of carboxylic acid groups (broad SMARTS) is 1. The summed E-state index contributed by atoms with van der Waals surface area (Å²) in [6.45, 7) is 13.2. The summed E-state index contributed by atoms with van der Waals surface area (Å²) in [5, 5.41) is 11.7. The Kier molecular flexibility index (Phi) is 8.68. The zero-order chi connectivity index (χ0) is 15.7. The molecular weight excluding hydrogens is 256 g/mol. The Bertz CT molecular complexity index is 340. The van der Waals surface area contributed by atoms with E-state index < -0.39 is 5.97 Å². The fourth-order valence-corrected chi connectivity index (χ4v) is 2.15. The Balaban J connectivity index is 4.39. The smallest absolute Gasteiger partial charge is 0.317 e. The van der Waals surface area contributed by atoms with E-state index in [0.29, 0.717) is 25.6 Å². The van der Waals surface area contributed by atoms with Crippen molar-refractivity contribution in [1.29, 1.82) is 0 Å².